The van der Waals surface area contributed by atoms with E-state index in [-0.39, 0.29) is 0 Å². The van der Waals surface area contributed by atoms with Gasteiger partial charge >= 0.3 is 0 Å². The van der Waals surface area contributed by atoms with Gasteiger partial charge in [-0.25, -0.2) is 0 Å². The highest BCUT2D eigenvalue weighted by molar-refractivity contribution is 5.02. The molecule has 1 heteroatoms. The number of fused-ring (bicyclic) bond motifs is 1. The van der Waals surface area contributed by atoms with Crippen LogP contribution in [0.1, 0.15) is 26.7 Å². The van der Waals surface area contributed by atoms with Gasteiger partial charge in [0.25, 0.3) is 0 Å². The molecule has 0 radical (unpaired) electrons. The SMILES string of the molecule is CC1(C)CCC2OC21. The largest absolute Gasteiger partial charge is 0.369 e. The Morgan fingerprint density at radius 1 is 1.50 bits per heavy atom. The third-order valence-electron chi connectivity index (χ3n) is 2.43. The van der Waals surface area contributed by atoms with Crippen LogP contribution in [0.2, 0.25) is 0 Å². The molecule has 2 rings (SSSR count). The van der Waals surface area contributed by atoms with Crippen molar-refractivity contribution in [2.45, 2.75) is 38.9 Å². The fraction of sp³-hybridized carbons (Fsp3) is 1.00. The minimum Gasteiger partial charge on any atom is -0.369 e. The van der Waals surface area contributed by atoms with Gasteiger partial charge in [-0.3, -0.25) is 0 Å². The van der Waals surface area contributed by atoms with Gasteiger partial charge in [-0.15, -0.1) is 0 Å². The summed E-state index contributed by atoms with van der Waals surface area (Å²) in [6.07, 6.45) is 3.95. The molecule has 0 spiro atoms. The van der Waals surface area contributed by atoms with Crippen molar-refractivity contribution < 1.29 is 4.74 Å². The third kappa shape index (κ3) is 0.455. The zero-order valence-electron chi connectivity index (χ0n) is 5.48. The van der Waals surface area contributed by atoms with Crippen LogP contribution in [-0.2, 0) is 4.74 Å². The van der Waals surface area contributed by atoms with E-state index >= 15 is 0 Å². The summed E-state index contributed by atoms with van der Waals surface area (Å²) >= 11 is 0. The van der Waals surface area contributed by atoms with Crippen molar-refractivity contribution in [2.24, 2.45) is 5.41 Å². The maximum Gasteiger partial charge on any atom is 0.0892 e. The molecule has 1 saturated heterocycles. The summed E-state index contributed by atoms with van der Waals surface area (Å²) in [5.74, 6) is 0. The Hall–Kier alpha value is -0.0400. The molecule has 1 heterocycles. The van der Waals surface area contributed by atoms with E-state index in [9.17, 15) is 0 Å². The fourth-order valence-corrected chi connectivity index (χ4v) is 1.71. The van der Waals surface area contributed by atoms with Crippen LogP contribution in [0.4, 0.5) is 0 Å². The summed E-state index contributed by atoms with van der Waals surface area (Å²) in [6.45, 7) is 4.59. The van der Waals surface area contributed by atoms with Gasteiger partial charge in [0.2, 0.25) is 0 Å². The second-order valence-electron chi connectivity index (χ2n) is 3.62. The minimum atomic E-state index is 0.505. The first kappa shape index (κ1) is 4.80. The molecule has 2 aliphatic rings. The molecule has 1 saturated carbocycles. The van der Waals surface area contributed by atoms with Crippen molar-refractivity contribution in [3.63, 3.8) is 0 Å². The van der Waals surface area contributed by atoms with Crippen LogP contribution in [0.25, 0.3) is 0 Å². The number of rotatable bonds is 0. The molecule has 0 aromatic heterocycles. The summed E-state index contributed by atoms with van der Waals surface area (Å²) < 4.78 is 5.37. The first-order valence-electron chi connectivity index (χ1n) is 3.36. The van der Waals surface area contributed by atoms with Gasteiger partial charge in [0.1, 0.15) is 0 Å². The van der Waals surface area contributed by atoms with Crippen LogP contribution in [0.15, 0.2) is 0 Å². The van der Waals surface area contributed by atoms with Crippen molar-refractivity contribution in [1.29, 1.82) is 0 Å². The highest BCUT2D eigenvalue weighted by atomic mass is 16.6. The predicted molar refractivity (Wildman–Crippen MR) is 31.7 cm³/mol. The monoisotopic (exact) mass is 112 g/mol. The average Bonchev–Trinajstić information content (AvgIpc) is 2.34. The van der Waals surface area contributed by atoms with E-state index in [4.69, 9.17) is 4.74 Å². The predicted octanol–water partition coefficient (Wildman–Crippen LogP) is 1.57. The van der Waals surface area contributed by atoms with E-state index in [0.29, 0.717) is 17.6 Å². The van der Waals surface area contributed by atoms with Crippen molar-refractivity contribution in [1.82, 2.24) is 0 Å². The molecule has 0 aromatic rings. The van der Waals surface area contributed by atoms with Gasteiger partial charge in [-0.1, -0.05) is 13.8 Å². The zero-order valence-corrected chi connectivity index (χ0v) is 5.48. The molecule has 1 nitrogen and oxygen atoms in total. The Morgan fingerprint density at radius 2 is 2.25 bits per heavy atom. The van der Waals surface area contributed by atoms with Crippen molar-refractivity contribution >= 4 is 0 Å². The highest BCUT2D eigenvalue weighted by Crippen LogP contribution is 2.50. The lowest BCUT2D eigenvalue weighted by atomic mass is 9.91. The van der Waals surface area contributed by atoms with E-state index in [0.717, 1.165) is 0 Å². The Kier molecular flexibility index (Phi) is 0.663. The lowest BCUT2D eigenvalue weighted by molar-refractivity contribution is 0.199. The topological polar surface area (TPSA) is 12.5 Å². The van der Waals surface area contributed by atoms with Crippen molar-refractivity contribution in [2.75, 3.05) is 0 Å². The second-order valence-corrected chi connectivity index (χ2v) is 3.62. The Balaban J connectivity index is 2.17. The van der Waals surface area contributed by atoms with Crippen molar-refractivity contribution in [3.05, 3.63) is 0 Å². The van der Waals surface area contributed by atoms with E-state index in [2.05, 4.69) is 13.8 Å². The summed E-state index contributed by atoms with van der Waals surface area (Å²) in [6, 6.07) is 0. The summed E-state index contributed by atoms with van der Waals surface area (Å²) in [7, 11) is 0. The zero-order chi connectivity index (χ0) is 5.78. The van der Waals surface area contributed by atoms with E-state index in [1.54, 1.807) is 0 Å². The minimum absolute atomic E-state index is 0.505. The molecule has 0 N–H and O–H groups in total. The third-order valence-corrected chi connectivity index (χ3v) is 2.43. The molecule has 1 aliphatic heterocycles. The first-order chi connectivity index (χ1) is 3.70. The molecule has 2 unspecified atom stereocenters. The molecular formula is C7H12O. The van der Waals surface area contributed by atoms with Gasteiger partial charge in [-0.05, 0) is 18.3 Å². The summed E-state index contributed by atoms with van der Waals surface area (Å²) in [5.41, 5.74) is 0.505. The molecular weight excluding hydrogens is 100 g/mol. The summed E-state index contributed by atoms with van der Waals surface area (Å²) in [5, 5.41) is 0. The maximum atomic E-state index is 5.37. The first-order valence-corrected chi connectivity index (χ1v) is 3.36. The lowest BCUT2D eigenvalue weighted by Gasteiger charge is -2.16. The molecule has 2 atom stereocenters. The Bertz CT molecular complexity index is 118. The number of ether oxygens (including phenoxy) is 1. The standard InChI is InChI=1S/C7H12O/c1-7(2)4-3-5-6(7)8-5/h5-6H,3-4H2,1-2H3. The van der Waals surface area contributed by atoms with Gasteiger partial charge in [0.15, 0.2) is 0 Å². The molecule has 2 fully saturated rings. The van der Waals surface area contributed by atoms with E-state index in [1.807, 2.05) is 0 Å². The molecule has 46 valence electrons. The van der Waals surface area contributed by atoms with Crippen LogP contribution in [0.5, 0.6) is 0 Å². The van der Waals surface area contributed by atoms with Crippen LogP contribution < -0.4 is 0 Å². The normalized spacial score (nSPS) is 48.8. The maximum absolute atomic E-state index is 5.37. The Labute approximate surface area is 50.0 Å². The van der Waals surface area contributed by atoms with E-state index in [1.165, 1.54) is 12.8 Å². The second kappa shape index (κ2) is 1.10. The molecule has 0 bridgehead atoms. The number of epoxide rings is 1. The van der Waals surface area contributed by atoms with Gasteiger partial charge in [0, 0.05) is 0 Å². The Morgan fingerprint density at radius 3 is 2.38 bits per heavy atom. The average molecular weight is 112 g/mol. The van der Waals surface area contributed by atoms with E-state index < -0.39 is 0 Å². The van der Waals surface area contributed by atoms with Crippen molar-refractivity contribution in [3.8, 4) is 0 Å². The smallest absolute Gasteiger partial charge is 0.0892 e. The van der Waals surface area contributed by atoms with Gasteiger partial charge < -0.3 is 4.74 Å². The lowest BCUT2D eigenvalue weighted by Crippen LogP contribution is -2.13. The van der Waals surface area contributed by atoms with Crippen LogP contribution >= 0.6 is 0 Å². The molecule has 0 aromatic carbocycles. The molecule has 1 aliphatic carbocycles. The summed E-state index contributed by atoms with van der Waals surface area (Å²) in [4.78, 5) is 0. The van der Waals surface area contributed by atoms with Crippen LogP contribution in [0.3, 0.4) is 0 Å². The van der Waals surface area contributed by atoms with Crippen LogP contribution in [-0.4, -0.2) is 12.2 Å². The van der Waals surface area contributed by atoms with Gasteiger partial charge in [0.05, 0.1) is 12.2 Å². The quantitative estimate of drug-likeness (QED) is 0.433. The molecule has 0 amide bonds. The highest BCUT2D eigenvalue weighted by Gasteiger charge is 2.54. The van der Waals surface area contributed by atoms with Crippen LogP contribution in [0, 0.1) is 5.41 Å². The van der Waals surface area contributed by atoms with Gasteiger partial charge in [-0.2, -0.15) is 0 Å². The molecule has 8 heavy (non-hydrogen) atoms. The number of hydrogen-bond acceptors (Lipinski definition) is 1. The fourth-order valence-electron chi connectivity index (χ4n) is 1.71. The number of hydrogen-bond donors (Lipinski definition) is 0.